The standard InChI is InChI=1S/C23H40O6Si/c1-22(2,3)18-15-17(16-19(21(18)25)23(4,5)6)11-12-20(24)29-13-10-14-30(26-7,27-8)28-9/h15-16,25H,10-14H2,1-9H3. The topological polar surface area (TPSA) is 74.2 Å². The summed E-state index contributed by atoms with van der Waals surface area (Å²) in [6, 6.07) is 4.60. The molecule has 0 heterocycles. The lowest BCUT2D eigenvalue weighted by molar-refractivity contribution is -0.143. The zero-order valence-electron chi connectivity index (χ0n) is 20.2. The van der Waals surface area contributed by atoms with Crippen molar-refractivity contribution in [3.63, 3.8) is 0 Å². The molecule has 0 aliphatic rings. The highest BCUT2D eigenvalue weighted by molar-refractivity contribution is 6.60. The van der Waals surface area contributed by atoms with Crippen molar-refractivity contribution in [2.75, 3.05) is 27.9 Å². The number of hydrogen-bond acceptors (Lipinski definition) is 6. The van der Waals surface area contributed by atoms with E-state index in [0.29, 0.717) is 37.7 Å². The van der Waals surface area contributed by atoms with E-state index < -0.39 is 8.80 Å². The van der Waals surface area contributed by atoms with Crippen molar-refractivity contribution < 1.29 is 27.9 Å². The van der Waals surface area contributed by atoms with Gasteiger partial charge in [0.05, 0.1) is 6.61 Å². The molecule has 6 nitrogen and oxygen atoms in total. The first-order valence-corrected chi connectivity index (χ1v) is 12.4. The SMILES string of the molecule is CO[Si](CCCOC(=O)CCc1cc(C(C)(C)C)c(O)c(C(C)(C)C)c1)(OC)OC. The van der Waals surface area contributed by atoms with Gasteiger partial charge >= 0.3 is 14.8 Å². The Hall–Kier alpha value is -1.41. The van der Waals surface area contributed by atoms with Crippen LogP contribution in [0.5, 0.6) is 5.75 Å². The molecule has 0 aliphatic heterocycles. The number of aryl methyl sites for hydroxylation is 1. The van der Waals surface area contributed by atoms with Crippen LogP contribution in [-0.2, 0) is 40.1 Å². The summed E-state index contributed by atoms with van der Waals surface area (Å²) < 4.78 is 21.5. The molecule has 0 aliphatic carbocycles. The van der Waals surface area contributed by atoms with Gasteiger partial charge in [-0.3, -0.25) is 4.79 Å². The van der Waals surface area contributed by atoms with Crippen LogP contribution in [0.4, 0.5) is 0 Å². The first kappa shape index (κ1) is 26.6. The monoisotopic (exact) mass is 440 g/mol. The maximum Gasteiger partial charge on any atom is 0.500 e. The van der Waals surface area contributed by atoms with Gasteiger partial charge in [-0.15, -0.1) is 0 Å². The minimum absolute atomic E-state index is 0.193. The van der Waals surface area contributed by atoms with Crippen molar-refractivity contribution in [2.45, 2.75) is 77.7 Å². The second kappa shape index (κ2) is 10.8. The number of esters is 1. The third kappa shape index (κ3) is 7.37. The average Bonchev–Trinajstić information content (AvgIpc) is 2.66. The van der Waals surface area contributed by atoms with Crippen molar-refractivity contribution in [2.24, 2.45) is 0 Å². The molecule has 0 saturated heterocycles. The summed E-state index contributed by atoms with van der Waals surface area (Å²) in [5.41, 5.74) is 2.45. The molecule has 0 aromatic heterocycles. The maximum atomic E-state index is 12.2. The summed E-state index contributed by atoms with van der Waals surface area (Å²) in [4.78, 5) is 12.2. The summed E-state index contributed by atoms with van der Waals surface area (Å²) in [6.45, 7) is 12.8. The van der Waals surface area contributed by atoms with Crippen LogP contribution in [0, 0.1) is 0 Å². The molecule has 0 spiro atoms. The lowest BCUT2D eigenvalue weighted by Gasteiger charge is -2.28. The normalized spacial score (nSPS) is 12.8. The summed E-state index contributed by atoms with van der Waals surface area (Å²) >= 11 is 0. The molecule has 1 N–H and O–H groups in total. The molecular formula is C23H40O6Si. The minimum Gasteiger partial charge on any atom is -0.507 e. The molecule has 0 unspecified atom stereocenters. The fourth-order valence-electron chi connectivity index (χ4n) is 3.33. The summed E-state index contributed by atoms with van der Waals surface area (Å²) in [5.74, 6) is 0.112. The van der Waals surface area contributed by atoms with Gasteiger partial charge in [-0.2, -0.15) is 0 Å². The summed E-state index contributed by atoms with van der Waals surface area (Å²) in [6.07, 6.45) is 1.48. The number of aromatic hydroxyl groups is 1. The fraction of sp³-hybridized carbons (Fsp3) is 0.696. The molecule has 0 bridgehead atoms. The number of hydrogen-bond donors (Lipinski definition) is 1. The zero-order valence-corrected chi connectivity index (χ0v) is 21.2. The largest absolute Gasteiger partial charge is 0.507 e. The number of carbonyl (C=O) groups excluding carboxylic acids is 1. The predicted octanol–water partition coefficient (Wildman–Crippen LogP) is 4.73. The van der Waals surface area contributed by atoms with Crippen molar-refractivity contribution in [1.29, 1.82) is 0 Å². The van der Waals surface area contributed by atoms with E-state index in [0.717, 1.165) is 16.7 Å². The van der Waals surface area contributed by atoms with Crippen molar-refractivity contribution >= 4 is 14.8 Å². The lowest BCUT2D eigenvalue weighted by atomic mass is 9.78. The quantitative estimate of drug-likeness (QED) is 0.322. The van der Waals surface area contributed by atoms with E-state index in [2.05, 4.69) is 41.5 Å². The van der Waals surface area contributed by atoms with E-state index in [1.165, 1.54) is 0 Å². The summed E-state index contributed by atoms with van der Waals surface area (Å²) in [7, 11) is 2.08. The van der Waals surface area contributed by atoms with E-state index >= 15 is 0 Å². The second-order valence-electron chi connectivity index (χ2n) is 9.66. The number of phenols is 1. The Kier molecular flexibility index (Phi) is 9.54. The van der Waals surface area contributed by atoms with Crippen LogP contribution in [0.15, 0.2) is 12.1 Å². The Morgan fingerprint density at radius 1 is 0.933 bits per heavy atom. The van der Waals surface area contributed by atoms with Gasteiger partial charge in [0.25, 0.3) is 0 Å². The predicted molar refractivity (Wildman–Crippen MR) is 121 cm³/mol. The minimum atomic E-state index is -2.63. The van der Waals surface area contributed by atoms with Crippen LogP contribution in [0.25, 0.3) is 0 Å². The highest BCUT2D eigenvalue weighted by atomic mass is 28.4. The van der Waals surface area contributed by atoms with Gasteiger partial charge in [0.15, 0.2) is 0 Å². The van der Waals surface area contributed by atoms with Crippen molar-refractivity contribution in [1.82, 2.24) is 0 Å². The molecule has 30 heavy (non-hydrogen) atoms. The van der Waals surface area contributed by atoms with Crippen LogP contribution < -0.4 is 0 Å². The Labute approximate surface area is 183 Å². The molecular weight excluding hydrogens is 400 g/mol. The van der Waals surface area contributed by atoms with E-state index in [1.807, 2.05) is 12.1 Å². The van der Waals surface area contributed by atoms with Gasteiger partial charge < -0.3 is 23.1 Å². The first-order chi connectivity index (χ1) is 13.8. The van der Waals surface area contributed by atoms with Crippen LogP contribution in [0.1, 0.15) is 71.1 Å². The van der Waals surface area contributed by atoms with E-state index in [4.69, 9.17) is 18.0 Å². The highest BCUT2D eigenvalue weighted by Crippen LogP contribution is 2.40. The Morgan fingerprint density at radius 2 is 1.40 bits per heavy atom. The molecule has 0 saturated carbocycles. The van der Waals surface area contributed by atoms with Gasteiger partial charge in [0, 0.05) is 33.8 Å². The van der Waals surface area contributed by atoms with E-state index in [1.54, 1.807) is 21.3 Å². The number of ether oxygens (including phenoxy) is 1. The van der Waals surface area contributed by atoms with E-state index in [9.17, 15) is 9.90 Å². The Balaban J connectivity index is 2.75. The summed E-state index contributed by atoms with van der Waals surface area (Å²) in [5, 5.41) is 10.8. The fourth-order valence-corrected chi connectivity index (χ4v) is 5.02. The Bertz CT molecular complexity index is 655. The molecule has 7 heteroatoms. The molecule has 0 radical (unpaired) electrons. The lowest BCUT2D eigenvalue weighted by Crippen LogP contribution is -2.42. The average molecular weight is 441 g/mol. The van der Waals surface area contributed by atoms with Crippen LogP contribution in [0.2, 0.25) is 6.04 Å². The van der Waals surface area contributed by atoms with E-state index in [-0.39, 0.29) is 16.8 Å². The number of phenolic OH excluding ortho intramolecular Hbond substituents is 1. The van der Waals surface area contributed by atoms with Gasteiger partial charge in [0.2, 0.25) is 0 Å². The molecule has 1 rings (SSSR count). The van der Waals surface area contributed by atoms with Gasteiger partial charge in [-0.1, -0.05) is 53.7 Å². The van der Waals surface area contributed by atoms with Crippen molar-refractivity contribution in [3.8, 4) is 5.75 Å². The van der Waals surface area contributed by atoms with Gasteiger partial charge in [-0.25, -0.2) is 0 Å². The van der Waals surface area contributed by atoms with Gasteiger partial charge in [-0.05, 0) is 40.4 Å². The first-order valence-electron chi connectivity index (χ1n) is 10.5. The van der Waals surface area contributed by atoms with Gasteiger partial charge in [0.1, 0.15) is 5.75 Å². The van der Waals surface area contributed by atoms with Crippen LogP contribution >= 0.6 is 0 Å². The smallest absolute Gasteiger partial charge is 0.500 e. The molecule has 1 aromatic carbocycles. The number of benzene rings is 1. The van der Waals surface area contributed by atoms with Crippen molar-refractivity contribution in [3.05, 3.63) is 28.8 Å². The third-order valence-corrected chi connectivity index (χ3v) is 8.06. The molecule has 0 atom stereocenters. The number of carbonyl (C=O) groups is 1. The second-order valence-corrected chi connectivity index (χ2v) is 12.7. The highest BCUT2D eigenvalue weighted by Gasteiger charge is 2.37. The third-order valence-electron chi connectivity index (χ3n) is 5.23. The van der Waals surface area contributed by atoms with Crippen LogP contribution in [0.3, 0.4) is 0 Å². The maximum absolute atomic E-state index is 12.2. The van der Waals surface area contributed by atoms with Crippen LogP contribution in [-0.4, -0.2) is 47.8 Å². The molecule has 1 aromatic rings. The number of rotatable bonds is 10. The Morgan fingerprint density at radius 3 is 1.80 bits per heavy atom. The molecule has 0 fully saturated rings. The zero-order chi connectivity index (χ0) is 23.2. The molecule has 172 valence electrons. The molecule has 0 amide bonds.